The third-order valence-electron chi connectivity index (χ3n) is 7.52. The van der Waals surface area contributed by atoms with E-state index in [1.807, 2.05) is 24.3 Å². The Balaban J connectivity index is 1.27. The second kappa shape index (κ2) is 12.2. The van der Waals surface area contributed by atoms with Crippen molar-refractivity contribution >= 4 is 27.6 Å². The lowest BCUT2D eigenvalue weighted by molar-refractivity contribution is 0.0902. The lowest BCUT2D eigenvalue weighted by atomic mass is 9.63. The summed E-state index contributed by atoms with van der Waals surface area (Å²) in [7, 11) is 1.60. The van der Waals surface area contributed by atoms with Crippen molar-refractivity contribution in [2.45, 2.75) is 32.1 Å². The number of ether oxygens (including phenoxy) is 2. The zero-order valence-electron chi connectivity index (χ0n) is 22.5. The van der Waals surface area contributed by atoms with Gasteiger partial charge in [-0.25, -0.2) is 9.97 Å². The van der Waals surface area contributed by atoms with E-state index >= 15 is 0 Å². The molecule has 2 atom stereocenters. The molecule has 1 fully saturated rings. The summed E-state index contributed by atoms with van der Waals surface area (Å²) < 4.78 is 16.8. The zero-order chi connectivity index (χ0) is 27.2. The first-order valence-corrected chi connectivity index (χ1v) is 14.1. The molecule has 5 rings (SSSR count). The number of piperidine rings is 1. The molecule has 1 aromatic carbocycles. The predicted molar refractivity (Wildman–Crippen MR) is 149 cm³/mol. The van der Waals surface area contributed by atoms with Gasteiger partial charge in [0.15, 0.2) is 5.76 Å². The highest BCUT2D eigenvalue weighted by molar-refractivity contribution is 7.19. The lowest BCUT2D eigenvalue weighted by Crippen LogP contribution is -2.50. The Hall–Kier alpha value is -3.41. The van der Waals surface area contributed by atoms with Crippen LogP contribution in [0.3, 0.4) is 0 Å². The number of thiazole rings is 1. The first kappa shape index (κ1) is 27.2. The van der Waals surface area contributed by atoms with Crippen LogP contribution in [0.5, 0.6) is 5.19 Å². The van der Waals surface area contributed by atoms with Crippen LogP contribution in [0.2, 0.25) is 0 Å². The van der Waals surface area contributed by atoms with Gasteiger partial charge in [0.2, 0.25) is 0 Å². The number of hydrogen-bond acceptors (Lipinski definition) is 10. The molecule has 1 saturated heterocycles. The van der Waals surface area contributed by atoms with E-state index in [0.717, 1.165) is 53.3 Å². The lowest BCUT2D eigenvalue weighted by Gasteiger charge is -2.44. The number of amides is 1. The van der Waals surface area contributed by atoms with Crippen LogP contribution in [-0.4, -0.2) is 66.2 Å². The Bertz CT molecular complexity index is 1370. The van der Waals surface area contributed by atoms with Gasteiger partial charge in [-0.1, -0.05) is 37.3 Å². The molecule has 2 N–H and O–H groups in total. The predicted octanol–water partition coefficient (Wildman–Crippen LogP) is 4.09. The number of hydrogen-bond donors (Lipinski definition) is 2. The zero-order valence-corrected chi connectivity index (χ0v) is 23.3. The van der Waals surface area contributed by atoms with Gasteiger partial charge in [-0.15, -0.1) is 5.10 Å². The van der Waals surface area contributed by atoms with Crippen LogP contribution in [0.1, 0.15) is 42.8 Å². The molecule has 1 amide bonds. The summed E-state index contributed by atoms with van der Waals surface area (Å²) in [5.41, 5.74) is 2.95. The van der Waals surface area contributed by atoms with Crippen molar-refractivity contribution in [3.05, 3.63) is 53.9 Å². The molecule has 11 heteroatoms. The van der Waals surface area contributed by atoms with Gasteiger partial charge in [0.25, 0.3) is 11.1 Å². The van der Waals surface area contributed by atoms with E-state index in [0.29, 0.717) is 42.4 Å². The Kier molecular flexibility index (Phi) is 8.49. The summed E-state index contributed by atoms with van der Waals surface area (Å²) >= 11 is 1.43. The summed E-state index contributed by atoms with van der Waals surface area (Å²) in [6.07, 6.45) is 3.48. The van der Waals surface area contributed by atoms with Crippen molar-refractivity contribution in [3.8, 4) is 16.5 Å². The Morgan fingerprint density at radius 2 is 2.05 bits per heavy atom. The smallest absolute Gasteiger partial charge is 0.275 e. The van der Waals surface area contributed by atoms with Crippen molar-refractivity contribution in [2.24, 2.45) is 11.8 Å². The highest BCUT2D eigenvalue weighted by atomic mass is 32.1. The van der Waals surface area contributed by atoms with E-state index in [1.54, 1.807) is 25.4 Å². The van der Waals surface area contributed by atoms with E-state index < -0.39 is 0 Å². The molecule has 0 bridgehead atoms. The van der Waals surface area contributed by atoms with Crippen LogP contribution in [0.4, 0.5) is 0 Å². The third kappa shape index (κ3) is 5.95. The van der Waals surface area contributed by atoms with Crippen LogP contribution in [0.25, 0.3) is 21.6 Å². The second-order valence-corrected chi connectivity index (χ2v) is 11.1. The average molecular weight is 551 g/mol. The van der Waals surface area contributed by atoms with Crippen molar-refractivity contribution in [2.75, 3.05) is 40.0 Å². The molecular weight excluding hydrogens is 516 g/mol. The number of carbonyl (C=O) groups is 1. The van der Waals surface area contributed by atoms with Crippen LogP contribution in [-0.2, 0) is 10.2 Å². The minimum absolute atomic E-state index is 0.128. The number of nitrogens with zero attached hydrogens (tertiary/aromatic N) is 4. The molecule has 1 aliphatic rings. The van der Waals surface area contributed by atoms with E-state index in [4.69, 9.17) is 19.0 Å². The highest BCUT2D eigenvalue weighted by Gasteiger charge is 2.46. The molecule has 2 unspecified atom stereocenters. The normalized spacial score (nSPS) is 19.4. The van der Waals surface area contributed by atoms with Gasteiger partial charge in [0.05, 0.1) is 25.1 Å². The molecular formula is C28H34N6O4S. The number of benzene rings is 1. The molecule has 4 aromatic rings. The first-order chi connectivity index (χ1) is 19.0. The molecule has 4 heterocycles. The minimum Gasteiger partial charge on any atom is -0.470 e. The van der Waals surface area contributed by atoms with Crippen molar-refractivity contribution in [1.82, 2.24) is 31.0 Å². The minimum atomic E-state index is -0.183. The number of nitrogens with one attached hydrogen (secondary N) is 2. The summed E-state index contributed by atoms with van der Waals surface area (Å²) in [5, 5.41) is 14.7. The average Bonchev–Trinajstić information content (AvgIpc) is 3.63. The van der Waals surface area contributed by atoms with E-state index in [2.05, 4.69) is 39.8 Å². The number of pyridine rings is 1. The number of aromatic nitrogens is 4. The fourth-order valence-electron chi connectivity index (χ4n) is 5.45. The van der Waals surface area contributed by atoms with Gasteiger partial charge >= 0.3 is 0 Å². The maximum absolute atomic E-state index is 12.3. The van der Waals surface area contributed by atoms with Crippen LogP contribution in [0, 0.1) is 11.8 Å². The van der Waals surface area contributed by atoms with Gasteiger partial charge in [-0.3, -0.25) is 4.79 Å². The van der Waals surface area contributed by atoms with Gasteiger partial charge < -0.3 is 24.6 Å². The van der Waals surface area contributed by atoms with Crippen molar-refractivity contribution < 1.29 is 18.8 Å². The SMILES string of the molecule is COCCNC(=O)c1ccc(-c2ccc3nc(OCCC4(c5cnno5)CCNCC4C(C)C)sc3n2)cc1. The molecule has 0 radical (unpaired) electrons. The highest BCUT2D eigenvalue weighted by Crippen LogP contribution is 2.44. The topological polar surface area (TPSA) is 124 Å². The number of rotatable bonds is 11. The van der Waals surface area contributed by atoms with E-state index in [-0.39, 0.29) is 11.3 Å². The Labute approximate surface area is 231 Å². The maximum atomic E-state index is 12.3. The molecule has 1 aliphatic heterocycles. The molecule has 0 spiro atoms. The standard InChI is InChI=1S/C28H34N6O4S/c1-18(2)21-16-29-12-10-28(21,24-17-31-34-38-24)11-14-37-27-33-23-9-8-22(32-26(23)39-27)19-4-6-20(7-5-19)25(35)30-13-15-36-3/h4-9,17-18,21,29H,10-16H2,1-3H3,(H,30,35). The van der Waals surface area contributed by atoms with Gasteiger partial charge in [0.1, 0.15) is 10.3 Å². The second-order valence-electron chi connectivity index (χ2n) is 10.2. The van der Waals surface area contributed by atoms with Crippen LogP contribution in [0.15, 0.2) is 47.1 Å². The van der Waals surface area contributed by atoms with Gasteiger partial charge in [-0.2, -0.15) is 0 Å². The molecule has 39 heavy (non-hydrogen) atoms. The van der Waals surface area contributed by atoms with Crippen LogP contribution < -0.4 is 15.4 Å². The summed E-state index contributed by atoms with van der Waals surface area (Å²) in [6, 6.07) is 11.3. The fraction of sp³-hybridized carbons (Fsp3) is 0.464. The van der Waals surface area contributed by atoms with Crippen LogP contribution >= 0.6 is 11.3 Å². The summed E-state index contributed by atoms with van der Waals surface area (Å²) in [4.78, 5) is 22.5. The van der Waals surface area contributed by atoms with Gasteiger partial charge in [0, 0.05) is 35.5 Å². The molecule has 10 nitrogen and oxygen atoms in total. The Morgan fingerprint density at radius 1 is 1.21 bits per heavy atom. The van der Waals surface area contributed by atoms with E-state index in [9.17, 15) is 4.79 Å². The van der Waals surface area contributed by atoms with Crippen molar-refractivity contribution in [3.63, 3.8) is 0 Å². The molecule has 206 valence electrons. The van der Waals surface area contributed by atoms with Crippen molar-refractivity contribution in [1.29, 1.82) is 0 Å². The monoisotopic (exact) mass is 550 g/mol. The number of carbonyl (C=O) groups excluding carboxylic acids is 1. The summed E-state index contributed by atoms with van der Waals surface area (Å²) in [5.74, 6) is 1.55. The largest absolute Gasteiger partial charge is 0.470 e. The molecule has 0 aliphatic carbocycles. The quantitative estimate of drug-likeness (QED) is 0.266. The maximum Gasteiger partial charge on any atom is 0.275 e. The number of fused-ring (bicyclic) bond motifs is 1. The van der Waals surface area contributed by atoms with Gasteiger partial charge in [-0.05, 0) is 62.0 Å². The summed E-state index contributed by atoms with van der Waals surface area (Å²) in [6.45, 7) is 7.79. The molecule has 0 saturated carbocycles. The first-order valence-electron chi connectivity index (χ1n) is 13.3. The Morgan fingerprint density at radius 3 is 2.79 bits per heavy atom. The number of methoxy groups -OCH3 is 1. The third-order valence-corrected chi connectivity index (χ3v) is 8.40. The molecule has 3 aromatic heterocycles. The van der Waals surface area contributed by atoms with E-state index in [1.165, 1.54) is 11.3 Å². The fourth-order valence-corrected chi connectivity index (χ4v) is 6.26.